The van der Waals surface area contributed by atoms with E-state index in [9.17, 15) is 23.7 Å². The number of hydrogen-bond donors (Lipinski definition) is 3. The zero-order valence-electron chi connectivity index (χ0n) is 24.6. The highest BCUT2D eigenvalue weighted by molar-refractivity contribution is 7.91. The maximum atomic E-state index is 12.3. The molecule has 0 saturated carbocycles. The fourth-order valence-electron chi connectivity index (χ4n) is 5.24. The van der Waals surface area contributed by atoms with Gasteiger partial charge in [0.2, 0.25) is 5.88 Å². The standard InChI is InChI=1S/C31H59NO5S/c1-3-4-5-6-7-8-9-10-11-12-13-14-15-16-17-18-19-20-21-22-23-24-25-32-30(34)26-29(31(32)35)38(36,37)27-28(2)33/h26,28,33-35H,3-25,27H2,1-2H3. The van der Waals surface area contributed by atoms with Crippen molar-refractivity contribution in [1.29, 1.82) is 0 Å². The summed E-state index contributed by atoms with van der Waals surface area (Å²) in [5.74, 6) is -1.18. The average molecular weight is 558 g/mol. The SMILES string of the molecule is CCCCCCCCCCCCCCCCCCCCCCCCn1c(O)cc(S(=O)(=O)CC(C)O)c1O. The van der Waals surface area contributed by atoms with Gasteiger partial charge in [0.05, 0.1) is 11.9 Å². The minimum absolute atomic E-state index is 0.254. The molecule has 0 fully saturated rings. The molecule has 0 aliphatic rings. The summed E-state index contributed by atoms with van der Waals surface area (Å²) in [4.78, 5) is -0.310. The van der Waals surface area contributed by atoms with Crippen LogP contribution in [-0.2, 0) is 16.4 Å². The van der Waals surface area contributed by atoms with Gasteiger partial charge in [-0.1, -0.05) is 142 Å². The molecule has 6 nitrogen and oxygen atoms in total. The zero-order chi connectivity index (χ0) is 28.1. The molecule has 1 unspecified atom stereocenters. The Bertz CT molecular complexity index is 803. The number of sulfone groups is 1. The lowest BCUT2D eigenvalue weighted by atomic mass is 10.0. The number of aliphatic hydroxyl groups is 1. The minimum atomic E-state index is -3.84. The first-order valence-electron chi connectivity index (χ1n) is 15.8. The van der Waals surface area contributed by atoms with Crippen molar-refractivity contribution >= 4 is 9.84 Å². The summed E-state index contributed by atoms with van der Waals surface area (Å²) in [7, 11) is -3.84. The summed E-state index contributed by atoms with van der Waals surface area (Å²) in [6.07, 6.45) is 28.0. The van der Waals surface area contributed by atoms with Gasteiger partial charge in [-0.2, -0.15) is 0 Å². The van der Waals surface area contributed by atoms with Gasteiger partial charge < -0.3 is 15.3 Å². The Morgan fingerprint density at radius 2 is 1.00 bits per heavy atom. The summed E-state index contributed by atoms with van der Waals surface area (Å²) >= 11 is 0. The number of aromatic nitrogens is 1. The molecule has 0 aromatic carbocycles. The van der Waals surface area contributed by atoms with Crippen LogP contribution in [0.5, 0.6) is 11.8 Å². The van der Waals surface area contributed by atoms with Crippen LogP contribution in [0.3, 0.4) is 0 Å². The molecule has 1 atom stereocenters. The molecule has 0 amide bonds. The Labute approximate surface area is 234 Å². The van der Waals surface area contributed by atoms with Crippen molar-refractivity contribution in [1.82, 2.24) is 4.57 Å². The molecule has 1 rings (SSSR count). The molecule has 0 radical (unpaired) electrons. The third-order valence-electron chi connectivity index (χ3n) is 7.54. The lowest BCUT2D eigenvalue weighted by molar-refractivity contribution is 0.218. The van der Waals surface area contributed by atoms with Crippen molar-refractivity contribution < 1.29 is 23.7 Å². The number of rotatable bonds is 26. The summed E-state index contributed by atoms with van der Waals surface area (Å²) in [5.41, 5.74) is 0. The van der Waals surface area contributed by atoms with Crippen LogP contribution in [0.1, 0.15) is 155 Å². The Morgan fingerprint density at radius 1 is 0.658 bits per heavy atom. The van der Waals surface area contributed by atoms with E-state index < -0.39 is 27.6 Å². The molecule has 1 aromatic rings. The summed E-state index contributed by atoms with van der Waals surface area (Å²) < 4.78 is 25.8. The monoisotopic (exact) mass is 557 g/mol. The predicted octanol–water partition coefficient (Wildman–Crippen LogP) is 8.66. The average Bonchev–Trinajstić information content (AvgIpc) is 3.15. The first-order valence-corrected chi connectivity index (χ1v) is 17.5. The van der Waals surface area contributed by atoms with Gasteiger partial charge in [-0.3, -0.25) is 4.57 Å². The number of nitrogens with zero attached hydrogens (tertiary/aromatic N) is 1. The Hall–Kier alpha value is -1.21. The van der Waals surface area contributed by atoms with Crippen molar-refractivity contribution in [2.45, 2.75) is 173 Å². The lowest BCUT2D eigenvalue weighted by Crippen LogP contribution is -2.17. The van der Waals surface area contributed by atoms with E-state index in [0.29, 0.717) is 6.54 Å². The van der Waals surface area contributed by atoms with Gasteiger partial charge in [0.1, 0.15) is 4.90 Å². The van der Waals surface area contributed by atoms with Crippen LogP contribution in [0.4, 0.5) is 0 Å². The van der Waals surface area contributed by atoms with Crippen molar-refractivity contribution in [3.63, 3.8) is 0 Å². The van der Waals surface area contributed by atoms with Crippen molar-refractivity contribution in [3.05, 3.63) is 6.07 Å². The van der Waals surface area contributed by atoms with Crippen molar-refractivity contribution in [2.24, 2.45) is 0 Å². The number of aliphatic hydroxyl groups excluding tert-OH is 1. The highest BCUT2D eigenvalue weighted by atomic mass is 32.2. The van der Waals surface area contributed by atoms with Crippen LogP contribution >= 0.6 is 0 Å². The normalized spacial score (nSPS) is 12.8. The number of hydrogen-bond acceptors (Lipinski definition) is 5. The van der Waals surface area contributed by atoms with Gasteiger partial charge in [-0.15, -0.1) is 0 Å². The number of aromatic hydroxyl groups is 2. The Balaban J connectivity index is 1.92. The molecule has 0 bridgehead atoms. The van der Waals surface area contributed by atoms with E-state index in [-0.39, 0.29) is 10.8 Å². The molecule has 0 saturated heterocycles. The smallest absolute Gasteiger partial charge is 0.213 e. The minimum Gasteiger partial charge on any atom is -0.494 e. The molecule has 1 heterocycles. The zero-order valence-corrected chi connectivity index (χ0v) is 25.5. The summed E-state index contributed by atoms with van der Waals surface area (Å²) in [6, 6.07) is 1.07. The van der Waals surface area contributed by atoms with E-state index >= 15 is 0 Å². The van der Waals surface area contributed by atoms with Crippen LogP contribution in [0.25, 0.3) is 0 Å². The maximum Gasteiger partial charge on any atom is 0.213 e. The molecule has 0 spiro atoms. The number of unbranched alkanes of at least 4 members (excludes halogenated alkanes) is 21. The molecule has 1 aromatic heterocycles. The lowest BCUT2D eigenvalue weighted by Gasteiger charge is -2.08. The van der Waals surface area contributed by atoms with E-state index in [1.54, 1.807) is 0 Å². The van der Waals surface area contributed by atoms with Gasteiger partial charge in [0.15, 0.2) is 15.7 Å². The van der Waals surface area contributed by atoms with Crippen molar-refractivity contribution in [2.75, 3.05) is 5.75 Å². The summed E-state index contributed by atoms with van der Waals surface area (Å²) in [6.45, 7) is 4.04. The largest absolute Gasteiger partial charge is 0.494 e. The topological polar surface area (TPSA) is 99.8 Å². The fraction of sp³-hybridized carbons (Fsp3) is 0.871. The van der Waals surface area contributed by atoms with Gasteiger partial charge in [-0.25, -0.2) is 8.42 Å². The first-order chi connectivity index (χ1) is 18.3. The van der Waals surface area contributed by atoms with Crippen LogP contribution in [0.15, 0.2) is 11.0 Å². The van der Waals surface area contributed by atoms with Crippen molar-refractivity contribution in [3.8, 4) is 11.8 Å². The first kappa shape index (κ1) is 34.8. The molecule has 0 aliphatic heterocycles. The van der Waals surface area contributed by atoms with Gasteiger partial charge in [-0.05, 0) is 13.3 Å². The molecular weight excluding hydrogens is 498 g/mol. The van der Waals surface area contributed by atoms with Crippen LogP contribution in [-0.4, -0.2) is 40.2 Å². The highest BCUT2D eigenvalue weighted by Gasteiger charge is 2.26. The van der Waals surface area contributed by atoms with Gasteiger partial charge in [0, 0.05) is 12.6 Å². The second-order valence-corrected chi connectivity index (χ2v) is 13.4. The third kappa shape index (κ3) is 16.0. The molecule has 3 N–H and O–H groups in total. The molecule has 38 heavy (non-hydrogen) atoms. The van der Waals surface area contributed by atoms with E-state index in [4.69, 9.17) is 0 Å². The van der Waals surface area contributed by atoms with Crippen LogP contribution < -0.4 is 0 Å². The van der Waals surface area contributed by atoms with Gasteiger partial charge >= 0.3 is 0 Å². The highest BCUT2D eigenvalue weighted by Crippen LogP contribution is 2.32. The Morgan fingerprint density at radius 3 is 1.34 bits per heavy atom. The van der Waals surface area contributed by atoms with E-state index in [1.807, 2.05) is 0 Å². The molecular formula is C31H59NO5S. The Kier molecular flexibility index (Phi) is 19.8. The summed E-state index contributed by atoms with van der Waals surface area (Å²) in [5, 5.41) is 29.7. The fourth-order valence-corrected chi connectivity index (χ4v) is 6.72. The second kappa shape index (κ2) is 21.6. The van der Waals surface area contributed by atoms with Crippen LogP contribution in [0, 0.1) is 0 Å². The maximum absolute atomic E-state index is 12.3. The van der Waals surface area contributed by atoms with E-state index in [0.717, 1.165) is 25.3 Å². The quantitative estimate of drug-likeness (QED) is 0.0990. The molecule has 0 aliphatic carbocycles. The molecule has 7 heteroatoms. The van der Waals surface area contributed by atoms with E-state index in [1.165, 1.54) is 133 Å². The third-order valence-corrected chi connectivity index (χ3v) is 9.44. The predicted molar refractivity (Wildman–Crippen MR) is 159 cm³/mol. The molecule has 224 valence electrons. The second-order valence-electron chi connectivity index (χ2n) is 11.4. The van der Waals surface area contributed by atoms with Crippen LogP contribution in [0.2, 0.25) is 0 Å². The van der Waals surface area contributed by atoms with E-state index in [2.05, 4.69) is 6.92 Å². The van der Waals surface area contributed by atoms with Gasteiger partial charge in [0.25, 0.3) is 0 Å².